The van der Waals surface area contributed by atoms with E-state index >= 15 is 0 Å². The summed E-state index contributed by atoms with van der Waals surface area (Å²) in [6.07, 6.45) is 0. The van der Waals surface area contributed by atoms with Crippen molar-refractivity contribution in [3.05, 3.63) is 82.4 Å². The predicted octanol–water partition coefficient (Wildman–Crippen LogP) is 5.72. The minimum atomic E-state index is -0.404. The maximum Gasteiger partial charge on any atom is 0.249 e. The van der Waals surface area contributed by atoms with Crippen LogP contribution in [0.15, 0.2) is 60.7 Å². The van der Waals surface area contributed by atoms with Crippen LogP contribution in [-0.2, 0) is 6.54 Å². The molecule has 3 nitrogen and oxygen atoms in total. The number of rotatable bonds is 4. The summed E-state index contributed by atoms with van der Waals surface area (Å²) in [6, 6.07) is 20.1. The molecule has 0 bridgehead atoms. The van der Waals surface area contributed by atoms with E-state index in [2.05, 4.69) is 36.6 Å². The van der Waals surface area contributed by atoms with Crippen LogP contribution in [0.2, 0.25) is 5.02 Å². The Morgan fingerprint density at radius 1 is 1.04 bits per heavy atom. The first-order chi connectivity index (χ1) is 13.0. The highest BCUT2D eigenvalue weighted by Crippen LogP contribution is 2.34. The summed E-state index contributed by atoms with van der Waals surface area (Å²) in [6.45, 7) is 5.06. The normalized spacial score (nSPS) is 11.6. The fraction of sp³-hybridized carbons (Fsp3) is 0.174. The molecule has 0 unspecified atom stereocenters. The van der Waals surface area contributed by atoms with Gasteiger partial charge in [-0.2, -0.15) is 0 Å². The van der Waals surface area contributed by atoms with Crippen LogP contribution >= 0.6 is 11.6 Å². The minimum Gasteiger partial charge on any atom is -0.366 e. The second kappa shape index (κ2) is 6.75. The van der Waals surface area contributed by atoms with Gasteiger partial charge in [-0.3, -0.25) is 4.79 Å². The van der Waals surface area contributed by atoms with Gasteiger partial charge < -0.3 is 10.3 Å². The molecule has 0 aliphatic carbocycles. The van der Waals surface area contributed by atoms with Crippen LogP contribution in [-0.4, -0.2) is 10.5 Å². The highest BCUT2D eigenvalue weighted by atomic mass is 35.5. The summed E-state index contributed by atoms with van der Waals surface area (Å²) in [5.74, 6) is 0.0195. The molecule has 1 aromatic heterocycles. The van der Waals surface area contributed by atoms with Gasteiger partial charge in [0.15, 0.2) is 0 Å². The van der Waals surface area contributed by atoms with E-state index in [4.69, 9.17) is 17.3 Å². The fourth-order valence-electron chi connectivity index (χ4n) is 3.67. The smallest absolute Gasteiger partial charge is 0.249 e. The van der Waals surface area contributed by atoms with Crippen LogP contribution in [0.1, 0.15) is 41.3 Å². The highest BCUT2D eigenvalue weighted by molar-refractivity contribution is 6.30. The lowest BCUT2D eigenvalue weighted by Crippen LogP contribution is -2.11. The maximum absolute atomic E-state index is 12.0. The second-order valence-electron chi connectivity index (χ2n) is 7.21. The van der Waals surface area contributed by atoms with Gasteiger partial charge in [-0.1, -0.05) is 55.8 Å². The van der Waals surface area contributed by atoms with Crippen LogP contribution in [0.4, 0.5) is 0 Å². The van der Waals surface area contributed by atoms with Gasteiger partial charge in [0.1, 0.15) is 0 Å². The number of hydrogen-bond acceptors (Lipinski definition) is 1. The topological polar surface area (TPSA) is 48.0 Å². The zero-order valence-electron chi connectivity index (χ0n) is 15.4. The standard InChI is InChI=1S/C23H21ClN2O/c1-14(2)16-8-11-18-21(12-16)26(13-15-6-9-17(24)10-7-15)20-5-3-4-19(22(18)20)23(25)27/h3-12,14H,13H2,1-2H3,(H2,25,27). The van der Waals surface area contributed by atoms with Crippen LogP contribution in [0.25, 0.3) is 21.8 Å². The maximum atomic E-state index is 12.0. The molecule has 3 aromatic carbocycles. The third kappa shape index (κ3) is 3.08. The number of nitrogens with two attached hydrogens (primary N) is 1. The molecule has 0 fully saturated rings. The van der Waals surface area contributed by atoms with E-state index in [1.54, 1.807) is 6.07 Å². The predicted molar refractivity (Wildman–Crippen MR) is 113 cm³/mol. The van der Waals surface area contributed by atoms with Crippen molar-refractivity contribution < 1.29 is 4.79 Å². The van der Waals surface area contributed by atoms with Gasteiger partial charge in [-0.25, -0.2) is 0 Å². The third-order valence-corrected chi connectivity index (χ3v) is 5.35. The van der Waals surface area contributed by atoms with E-state index in [0.29, 0.717) is 18.0 Å². The Bertz CT molecular complexity index is 1160. The Morgan fingerprint density at radius 2 is 1.78 bits per heavy atom. The van der Waals surface area contributed by atoms with Crippen molar-refractivity contribution in [3.63, 3.8) is 0 Å². The van der Waals surface area contributed by atoms with E-state index in [1.807, 2.05) is 36.4 Å². The number of halogens is 1. The number of fused-ring (bicyclic) bond motifs is 3. The summed E-state index contributed by atoms with van der Waals surface area (Å²) < 4.78 is 2.26. The SMILES string of the molecule is CC(C)c1ccc2c3c(C(N)=O)cccc3n(Cc3ccc(Cl)cc3)c2c1. The van der Waals surface area contributed by atoms with Gasteiger partial charge in [-0.15, -0.1) is 0 Å². The molecular formula is C23H21ClN2O. The number of amides is 1. The molecule has 0 aliphatic rings. The molecule has 0 aliphatic heterocycles. The van der Waals surface area contributed by atoms with E-state index in [0.717, 1.165) is 32.4 Å². The average Bonchev–Trinajstić information content (AvgIpc) is 2.96. The molecule has 0 saturated heterocycles. The fourth-order valence-corrected chi connectivity index (χ4v) is 3.79. The molecule has 2 N–H and O–H groups in total. The van der Waals surface area contributed by atoms with Gasteiger partial charge in [0.25, 0.3) is 0 Å². The van der Waals surface area contributed by atoms with E-state index in [1.165, 1.54) is 5.56 Å². The highest BCUT2D eigenvalue weighted by Gasteiger charge is 2.17. The molecule has 1 amide bonds. The molecule has 4 rings (SSSR count). The van der Waals surface area contributed by atoms with E-state index in [-0.39, 0.29) is 0 Å². The molecule has 136 valence electrons. The Balaban J connectivity index is 2.03. The summed E-state index contributed by atoms with van der Waals surface area (Å²) in [7, 11) is 0. The number of carbonyl (C=O) groups excluding carboxylic acids is 1. The Kier molecular flexibility index (Phi) is 4.40. The first-order valence-electron chi connectivity index (χ1n) is 9.05. The molecule has 4 aromatic rings. The lowest BCUT2D eigenvalue weighted by molar-refractivity contribution is 0.100. The van der Waals surface area contributed by atoms with Crippen molar-refractivity contribution in [2.45, 2.75) is 26.3 Å². The number of hydrogen-bond donors (Lipinski definition) is 1. The van der Waals surface area contributed by atoms with Gasteiger partial charge >= 0.3 is 0 Å². The molecule has 1 heterocycles. The summed E-state index contributed by atoms with van der Waals surface area (Å²) >= 11 is 6.04. The van der Waals surface area contributed by atoms with E-state index in [9.17, 15) is 4.79 Å². The molecule has 0 saturated carbocycles. The largest absolute Gasteiger partial charge is 0.366 e. The molecule has 0 radical (unpaired) electrons. The van der Waals surface area contributed by atoms with Crippen molar-refractivity contribution in [2.24, 2.45) is 5.73 Å². The van der Waals surface area contributed by atoms with E-state index < -0.39 is 5.91 Å². The lowest BCUT2D eigenvalue weighted by atomic mass is 10.00. The van der Waals surface area contributed by atoms with Crippen molar-refractivity contribution in [1.82, 2.24) is 4.57 Å². The molecule has 27 heavy (non-hydrogen) atoms. The summed E-state index contributed by atoms with van der Waals surface area (Å²) in [5.41, 5.74) is 10.8. The van der Waals surface area contributed by atoms with Crippen LogP contribution in [0.3, 0.4) is 0 Å². The van der Waals surface area contributed by atoms with Gasteiger partial charge in [0, 0.05) is 33.4 Å². The minimum absolute atomic E-state index is 0.404. The molecule has 0 atom stereocenters. The average molecular weight is 377 g/mol. The zero-order chi connectivity index (χ0) is 19.1. The summed E-state index contributed by atoms with van der Waals surface area (Å²) in [5, 5.41) is 2.70. The second-order valence-corrected chi connectivity index (χ2v) is 7.64. The first kappa shape index (κ1) is 17.6. The molecule has 0 spiro atoms. The third-order valence-electron chi connectivity index (χ3n) is 5.10. The van der Waals surface area contributed by atoms with Gasteiger partial charge in [-0.05, 0) is 47.4 Å². The Morgan fingerprint density at radius 3 is 2.44 bits per heavy atom. The van der Waals surface area contributed by atoms with Gasteiger partial charge in [0.05, 0.1) is 5.52 Å². The zero-order valence-corrected chi connectivity index (χ0v) is 16.1. The monoisotopic (exact) mass is 376 g/mol. The quantitative estimate of drug-likeness (QED) is 0.486. The van der Waals surface area contributed by atoms with Gasteiger partial charge in [0.2, 0.25) is 5.91 Å². The van der Waals surface area contributed by atoms with Crippen molar-refractivity contribution in [3.8, 4) is 0 Å². The molecule has 4 heteroatoms. The Labute approximate surface area is 163 Å². The number of benzene rings is 3. The van der Waals surface area contributed by atoms with Crippen molar-refractivity contribution in [1.29, 1.82) is 0 Å². The first-order valence-corrected chi connectivity index (χ1v) is 9.42. The van der Waals surface area contributed by atoms with Crippen LogP contribution < -0.4 is 5.73 Å². The van der Waals surface area contributed by atoms with Crippen molar-refractivity contribution in [2.75, 3.05) is 0 Å². The van der Waals surface area contributed by atoms with Crippen molar-refractivity contribution >= 4 is 39.3 Å². The number of carbonyl (C=O) groups is 1. The number of aromatic nitrogens is 1. The van der Waals surface area contributed by atoms with Crippen LogP contribution in [0.5, 0.6) is 0 Å². The molecular weight excluding hydrogens is 356 g/mol. The number of primary amides is 1. The van der Waals surface area contributed by atoms with Crippen LogP contribution in [0, 0.1) is 0 Å². The number of nitrogens with zero attached hydrogens (tertiary/aromatic N) is 1. The summed E-state index contributed by atoms with van der Waals surface area (Å²) in [4.78, 5) is 12.0. The Hall–Kier alpha value is -2.78. The lowest BCUT2D eigenvalue weighted by Gasteiger charge is -2.10.